The number of benzene rings is 1. The quantitative estimate of drug-likeness (QED) is 0.535. The number of nitrogens with one attached hydrogen (secondary N) is 3. The maximum absolute atomic E-state index is 12.0. The van der Waals surface area contributed by atoms with Crippen molar-refractivity contribution in [2.45, 2.75) is 26.2 Å². The van der Waals surface area contributed by atoms with Gasteiger partial charge >= 0.3 is 0 Å². The Morgan fingerprint density at radius 2 is 2.14 bits per heavy atom. The van der Waals surface area contributed by atoms with Crippen LogP contribution in [0.2, 0.25) is 0 Å². The summed E-state index contributed by atoms with van der Waals surface area (Å²) in [4.78, 5) is 16.1. The number of halogens is 1. The highest BCUT2D eigenvalue weighted by Crippen LogP contribution is 2.27. The van der Waals surface area contributed by atoms with Gasteiger partial charge in [-0.1, -0.05) is 22.0 Å². The highest BCUT2D eigenvalue weighted by atomic mass is 79.9. The Morgan fingerprint density at radius 1 is 1.36 bits per heavy atom. The lowest BCUT2D eigenvalue weighted by atomic mass is 10.2. The topological polar surface area (TPSA) is 65.5 Å². The van der Waals surface area contributed by atoms with Gasteiger partial charge in [-0.25, -0.2) is 0 Å². The first-order chi connectivity index (χ1) is 10.6. The molecule has 0 atom stereocenters. The molecule has 1 aliphatic carbocycles. The Bertz CT molecular complexity index is 555. The van der Waals surface area contributed by atoms with Gasteiger partial charge in [0.2, 0.25) is 5.91 Å². The minimum absolute atomic E-state index is 0.00801. The van der Waals surface area contributed by atoms with Crippen LogP contribution in [0.25, 0.3) is 0 Å². The zero-order chi connectivity index (χ0) is 15.9. The van der Waals surface area contributed by atoms with Gasteiger partial charge in [-0.3, -0.25) is 9.79 Å². The number of anilines is 1. The predicted octanol–water partition coefficient (Wildman–Crippen LogP) is 2.66. The normalized spacial score (nSPS) is 14.6. The number of aryl methyl sites for hydroxylation is 1. The Hall–Kier alpha value is -1.56. The molecule has 1 aliphatic rings. The van der Waals surface area contributed by atoms with Gasteiger partial charge in [-0.05, 0) is 43.4 Å². The molecule has 22 heavy (non-hydrogen) atoms. The lowest BCUT2D eigenvalue weighted by Gasteiger charge is -2.12. The van der Waals surface area contributed by atoms with E-state index in [2.05, 4.69) is 36.9 Å². The van der Waals surface area contributed by atoms with Crippen LogP contribution in [0, 0.1) is 12.8 Å². The molecule has 0 unspecified atom stereocenters. The second kappa shape index (κ2) is 8.17. The van der Waals surface area contributed by atoms with E-state index in [1.54, 1.807) is 7.05 Å². The molecule has 0 aromatic heterocycles. The number of aliphatic imine (C=N–C) groups is 1. The van der Waals surface area contributed by atoms with Crippen LogP contribution >= 0.6 is 15.9 Å². The van der Waals surface area contributed by atoms with Crippen molar-refractivity contribution in [2.75, 3.05) is 25.5 Å². The molecule has 3 N–H and O–H groups in total. The van der Waals surface area contributed by atoms with Crippen LogP contribution in [-0.4, -0.2) is 32.0 Å². The molecule has 0 heterocycles. The summed E-state index contributed by atoms with van der Waals surface area (Å²) >= 11 is 3.41. The largest absolute Gasteiger partial charge is 0.356 e. The average molecular weight is 367 g/mol. The molecule has 1 amide bonds. The molecular weight excluding hydrogens is 344 g/mol. The van der Waals surface area contributed by atoms with E-state index in [1.165, 1.54) is 12.8 Å². The number of guanidine groups is 1. The van der Waals surface area contributed by atoms with Gasteiger partial charge in [0, 0.05) is 36.7 Å². The molecular formula is C16H23BrN4O. The van der Waals surface area contributed by atoms with Crippen LogP contribution < -0.4 is 16.0 Å². The van der Waals surface area contributed by atoms with Crippen LogP contribution in [0.15, 0.2) is 27.7 Å². The molecule has 1 aromatic carbocycles. The number of hydrogen-bond donors (Lipinski definition) is 3. The number of amides is 1. The standard InChI is InChI=1S/C16H23BrN4O/c1-11-3-6-13(17)9-14(11)21-15(22)7-8-19-16(18-2)20-10-12-4-5-12/h3,6,9,12H,4-5,7-8,10H2,1-2H3,(H,21,22)(H2,18,19,20). The molecule has 0 aliphatic heterocycles. The van der Waals surface area contributed by atoms with Gasteiger partial charge in [0.1, 0.15) is 0 Å². The van der Waals surface area contributed by atoms with Crippen molar-refractivity contribution in [3.63, 3.8) is 0 Å². The molecule has 0 spiro atoms. The van der Waals surface area contributed by atoms with E-state index in [1.807, 2.05) is 25.1 Å². The third kappa shape index (κ3) is 5.67. The molecule has 2 rings (SSSR count). The van der Waals surface area contributed by atoms with E-state index in [0.717, 1.165) is 34.1 Å². The fourth-order valence-corrected chi connectivity index (χ4v) is 2.38. The number of nitrogens with zero attached hydrogens (tertiary/aromatic N) is 1. The molecule has 1 saturated carbocycles. The second-order valence-electron chi connectivity index (χ2n) is 5.58. The maximum atomic E-state index is 12.0. The number of rotatable bonds is 6. The Morgan fingerprint density at radius 3 is 2.82 bits per heavy atom. The minimum atomic E-state index is -0.00801. The van der Waals surface area contributed by atoms with Gasteiger partial charge in [0.15, 0.2) is 5.96 Å². The van der Waals surface area contributed by atoms with Gasteiger partial charge in [-0.2, -0.15) is 0 Å². The smallest absolute Gasteiger partial charge is 0.226 e. The van der Waals surface area contributed by atoms with Crippen molar-refractivity contribution in [3.8, 4) is 0 Å². The van der Waals surface area contributed by atoms with Crippen molar-refractivity contribution >= 4 is 33.5 Å². The van der Waals surface area contributed by atoms with Crippen molar-refractivity contribution in [2.24, 2.45) is 10.9 Å². The number of hydrogen-bond acceptors (Lipinski definition) is 2. The first-order valence-corrected chi connectivity index (χ1v) is 8.38. The van der Waals surface area contributed by atoms with Gasteiger partial charge < -0.3 is 16.0 Å². The van der Waals surface area contributed by atoms with E-state index < -0.39 is 0 Å². The first kappa shape index (κ1) is 16.8. The maximum Gasteiger partial charge on any atom is 0.226 e. The van der Waals surface area contributed by atoms with Crippen molar-refractivity contribution in [1.29, 1.82) is 0 Å². The monoisotopic (exact) mass is 366 g/mol. The van der Waals surface area contributed by atoms with E-state index >= 15 is 0 Å². The van der Waals surface area contributed by atoms with Crippen LogP contribution in [0.1, 0.15) is 24.8 Å². The Labute approximate surface area is 140 Å². The first-order valence-electron chi connectivity index (χ1n) is 7.59. The molecule has 0 bridgehead atoms. The van der Waals surface area contributed by atoms with Crippen LogP contribution in [0.4, 0.5) is 5.69 Å². The predicted molar refractivity (Wildman–Crippen MR) is 94.2 cm³/mol. The van der Waals surface area contributed by atoms with Gasteiger partial charge in [0.25, 0.3) is 0 Å². The van der Waals surface area contributed by atoms with Crippen LogP contribution in [-0.2, 0) is 4.79 Å². The third-order valence-electron chi connectivity index (χ3n) is 3.60. The summed E-state index contributed by atoms with van der Waals surface area (Å²) in [6, 6.07) is 5.85. The van der Waals surface area contributed by atoms with Crippen molar-refractivity contribution < 1.29 is 4.79 Å². The van der Waals surface area contributed by atoms with E-state index in [4.69, 9.17) is 0 Å². The minimum Gasteiger partial charge on any atom is -0.356 e. The molecule has 0 saturated heterocycles. The summed E-state index contributed by atoms with van der Waals surface area (Å²) in [6.07, 6.45) is 3.01. The third-order valence-corrected chi connectivity index (χ3v) is 4.09. The molecule has 5 nitrogen and oxygen atoms in total. The molecule has 1 fully saturated rings. The lowest BCUT2D eigenvalue weighted by molar-refractivity contribution is -0.116. The Kier molecular flexibility index (Phi) is 6.24. The van der Waals surface area contributed by atoms with Crippen LogP contribution in [0.5, 0.6) is 0 Å². The zero-order valence-electron chi connectivity index (χ0n) is 13.1. The summed E-state index contributed by atoms with van der Waals surface area (Å²) in [5.74, 6) is 1.55. The molecule has 120 valence electrons. The second-order valence-corrected chi connectivity index (χ2v) is 6.50. The SMILES string of the molecule is CN=C(NCCC(=O)Nc1cc(Br)ccc1C)NCC1CC1. The highest BCUT2D eigenvalue weighted by molar-refractivity contribution is 9.10. The van der Waals surface area contributed by atoms with E-state index in [9.17, 15) is 4.79 Å². The summed E-state index contributed by atoms with van der Waals surface area (Å²) in [5.41, 5.74) is 1.89. The average Bonchev–Trinajstić information content (AvgIpc) is 3.30. The van der Waals surface area contributed by atoms with E-state index in [-0.39, 0.29) is 5.91 Å². The van der Waals surface area contributed by atoms with Crippen molar-refractivity contribution in [3.05, 3.63) is 28.2 Å². The lowest BCUT2D eigenvalue weighted by Crippen LogP contribution is -2.39. The molecule has 1 aromatic rings. The summed E-state index contributed by atoms with van der Waals surface area (Å²) < 4.78 is 0.955. The van der Waals surface area contributed by atoms with Gasteiger partial charge in [-0.15, -0.1) is 0 Å². The molecule has 6 heteroatoms. The van der Waals surface area contributed by atoms with E-state index in [0.29, 0.717) is 13.0 Å². The van der Waals surface area contributed by atoms with Gasteiger partial charge in [0.05, 0.1) is 0 Å². The van der Waals surface area contributed by atoms with Crippen LogP contribution in [0.3, 0.4) is 0 Å². The number of carbonyl (C=O) groups excluding carboxylic acids is 1. The fraction of sp³-hybridized carbons (Fsp3) is 0.500. The zero-order valence-corrected chi connectivity index (χ0v) is 14.7. The fourth-order valence-electron chi connectivity index (χ4n) is 2.02. The summed E-state index contributed by atoms with van der Waals surface area (Å²) in [6.45, 7) is 3.50. The summed E-state index contributed by atoms with van der Waals surface area (Å²) in [5, 5.41) is 9.37. The molecule has 0 radical (unpaired) electrons. The number of carbonyl (C=O) groups is 1. The van der Waals surface area contributed by atoms with Crippen molar-refractivity contribution in [1.82, 2.24) is 10.6 Å². The summed E-state index contributed by atoms with van der Waals surface area (Å²) in [7, 11) is 1.74. The Balaban J connectivity index is 1.71. The highest BCUT2D eigenvalue weighted by Gasteiger charge is 2.21.